The zero-order valence-corrected chi connectivity index (χ0v) is 15.6. The predicted octanol–water partition coefficient (Wildman–Crippen LogP) is 7.18. The lowest BCUT2D eigenvalue weighted by Gasteiger charge is -2.20. The fourth-order valence-corrected chi connectivity index (χ4v) is 2.74. The molecule has 0 aromatic heterocycles. The Labute approximate surface area is 136 Å². The van der Waals surface area contributed by atoms with Gasteiger partial charge in [-0.1, -0.05) is 62.6 Å². The molecule has 0 saturated heterocycles. The Balaban J connectivity index is 2.95. The van der Waals surface area contributed by atoms with Gasteiger partial charge in [-0.25, -0.2) is 0 Å². The van der Waals surface area contributed by atoms with E-state index in [2.05, 4.69) is 66.7 Å². The van der Waals surface area contributed by atoms with Gasteiger partial charge in [0.25, 0.3) is 0 Å². The van der Waals surface area contributed by atoms with Crippen LogP contribution in [-0.4, -0.2) is 0 Å². The molecule has 0 fully saturated rings. The number of rotatable bonds is 3. The second-order valence-corrected chi connectivity index (χ2v) is 7.70. The summed E-state index contributed by atoms with van der Waals surface area (Å²) in [6, 6.07) is 0. The Morgan fingerprint density at radius 1 is 1.38 bits per heavy atom. The number of hydrogen-bond acceptors (Lipinski definition) is 0. The normalized spacial score (nSPS) is 22.3. The maximum absolute atomic E-state index is 6.46. The molecular weight excluding hydrogens is 276 g/mol. The summed E-state index contributed by atoms with van der Waals surface area (Å²) in [6.07, 6.45) is 10.1. The molecule has 1 heteroatoms. The van der Waals surface area contributed by atoms with E-state index in [0.717, 1.165) is 17.9 Å². The second-order valence-electron chi connectivity index (χ2n) is 7.30. The molecule has 1 aliphatic carbocycles. The van der Waals surface area contributed by atoms with Crippen LogP contribution in [0.25, 0.3) is 0 Å². The summed E-state index contributed by atoms with van der Waals surface area (Å²) in [7, 11) is 0. The third kappa shape index (κ3) is 5.18. The molecule has 118 valence electrons. The first-order chi connectivity index (χ1) is 9.66. The van der Waals surface area contributed by atoms with Gasteiger partial charge in [0.1, 0.15) is 0 Å². The van der Waals surface area contributed by atoms with Crippen LogP contribution in [0.2, 0.25) is 0 Å². The molecule has 0 spiro atoms. The van der Waals surface area contributed by atoms with E-state index >= 15 is 0 Å². The van der Waals surface area contributed by atoms with Crippen molar-refractivity contribution in [1.82, 2.24) is 0 Å². The quantitative estimate of drug-likeness (QED) is 0.484. The zero-order valence-electron chi connectivity index (χ0n) is 14.8. The van der Waals surface area contributed by atoms with Crippen LogP contribution < -0.4 is 0 Å². The third-order valence-electron chi connectivity index (χ3n) is 4.84. The lowest BCUT2D eigenvalue weighted by Crippen LogP contribution is -2.06. The standard InChI is InChI=1S/C20H31Cl/c1-8-17(12-10-15(3)20(5,6)7)18-11-9-14(2)16(4)19(21)13-18/h8,10,13-14H,9,11-12H2,1-7H3. The van der Waals surface area contributed by atoms with Gasteiger partial charge in [-0.05, 0) is 68.6 Å². The molecule has 0 aromatic carbocycles. The fraction of sp³-hybridized carbons (Fsp3) is 0.600. The predicted molar refractivity (Wildman–Crippen MR) is 96.6 cm³/mol. The third-order valence-corrected chi connectivity index (χ3v) is 5.24. The molecule has 0 saturated carbocycles. The summed E-state index contributed by atoms with van der Waals surface area (Å²) >= 11 is 6.46. The van der Waals surface area contributed by atoms with Crippen LogP contribution in [0.15, 0.2) is 45.6 Å². The van der Waals surface area contributed by atoms with Gasteiger partial charge < -0.3 is 0 Å². The largest absolute Gasteiger partial charge is 0.0844 e. The molecule has 0 aliphatic heterocycles. The van der Waals surface area contributed by atoms with Crippen molar-refractivity contribution >= 4 is 11.6 Å². The highest BCUT2D eigenvalue weighted by molar-refractivity contribution is 6.31. The van der Waals surface area contributed by atoms with Crippen molar-refractivity contribution in [2.24, 2.45) is 11.3 Å². The lowest BCUT2D eigenvalue weighted by atomic mass is 9.86. The number of halogens is 1. The summed E-state index contributed by atoms with van der Waals surface area (Å²) in [5, 5.41) is 0.936. The molecule has 21 heavy (non-hydrogen) atoms. The topological polar surface area (TPSA) is 0 Å². The summed E-state index contributed by atoms with van der Waals surface area (Å²) in [5.41, 5.74) is 5.84. The molecule has 0 N–H and O–H groups in total. The molecule has 0 bridgehead atoms. The van der Waals surface area contributed by atoms with Crippen molar-refractivity contribution < 1.29 is 0 Å². The lowest BCUT2D eigenvalue weighted by molar-refractivity contribution is 0.502. The summed E-state index contributed by atoms with van der Waals surface area (Å²) in [6.45, 7) is 15.6. The van der Waals surface area contributed by atoms with Crippen molar-refractivity contribution in [2.75, 3.05) is 0 Å². The van der Waals surface area contributed by atoms with Crippen LogP contribution in [0.5, 0.6) is 0 Å². The van der Waals surface area contributed by atoms with E-state index in [9.17, 15) is 0 Å². The SMILES string of the molecule is CC=C(CC=C(C)C(C)(C)C)C1=CC(Cl)=C(C)C(C)CC1. The molecule has 0 nitrogen and oxygen atoms in total. The first-order valence-corrected chi connectivity index (χ1v) is 8.44. The van der Waals surface area contributed by atoms with Crippen LogP contribution in [-0.2, 0) is 0 Å². The van der Waals surface area contributed by atoms with E-state index in [4.69, 9.17) is 11.6 Å². The smallest absolute Gasteiger partial charge is 0.0400 e. The van der Waals surface area contributed by atoms with Crippen LogP contribution in [0.4, 0.5) is 0 Å². The van der Waals surface area contributed by atoms with Crippen LogP contribution >= 0.6 is 11.6 Å². The average molecular weight is 307 g/mol. The van der Waals surface area contributed by atoms with Gasteiger partial charge in [0, 0.05) is 5.03 Å². The van der Waals surface area contributed by atoms with E-state index in [0.29, 0.717) is 5.92 Å². The fourth-order valence-electron chi connectivity index (χ4n) is 2.42. The minimum atomic E-state index is 0.249. The Morgan fingerprint density at radius 2 is 2.00 bits per heavy atom. The van der Waals surface area contributed by atoms with Crippen molar-refractivity contribution in [1.29, 1.82) is 0 Å². The molecule has 0 amide bonds. The molecule has 1 rings (SSSR count). The van der Waals surface area contributed by atoms with Crippen molar-refractivity contribution in [3.63, 3.8) is 0 Å². The molecule has 1 atom stereocenters. The van der Waals surface area contributed by atoms with Crippen molar-refractivity contribution in [3.8, 4) is 0 Å². The van der Waals surface area contributed by atoms with Gasteiger partial charge in [-0.3, -0.25) is 0 Å². The van der Waals surface area contributed by atoms with Crippen molar-refractivity contribution in [2.45, 2.75) is 67.7 Å². The highest BCUT2D eigenvalue weighted by atomic mass is 35.5. The number of allylic oxidation sites excluding steroid dienone is 8. The summed E-state index contributed by atoms with van der Waals surface area (Å²) in [5.74, 6) is 0.580. The Kier molecular flexibility index (Phi) is 6.53. The second kappa shape index (κ2) is 7.49. The van der Waals surface area contributed by atoms with Gasteiger partial charge in [0.15, 0.2) is 0 Å². The molecule has 1 aliphatic rings. The maximum atomic E-state index is 6.46. The van der Waals surface area contributed by atoms with Gasteiger partial charge in [0.05, 0.1) is 0 Å². The van der Waals surface area contributed by atoms with Gasteiger partial charge >= 0.3 is 0 Å². The molecule has 1 unspecified atom stereocenters. The van der Waals surface area contributed by atoms with Crippen LogP contribution in [0, 0.1) is 11.3 Å². The Bertz CT molecular complexity index is 492. The summed E-state index contributed by atoms with van der Waals surface area (Å²) in [4.78, 5) is 0. The Hall–Kier alpha value is -0.750. The molecule has 0 aromatic rings. The van der Waals surface area contributed by atoms with E-state index in [1.165, 1.54) is 28.7 Å². The Morgan fingerprint density at radius 3 is 2.52 bits per heavy atom. The first kappa shape index (κ1) is 18.3. The van der Waals surface area contributed by atoms with E-state index in [1.807, 2.05) is 0 Å². The van der Waals surface area contributed by atoms with Gasteiger partial charge in [-0.15, -0.1) is 0 Å². The molecular formula is C20H31Cl. The van der Waals surface area contributed by atoms with E-state index in [1.54, 1.807) is 0 Å². The monoisotopic (exact) mass is 306 g/mol. The van der Waals surface area contributed by atoms with Gasteiger partial charge in [0.2, 0.25) is 0 Å². The first-order valence-electron chi connectivity index (χ1n) is 8.06. The van der Waals surface area contributed by atoms with E-state index in [-0.39, 0.29) is 5.41 Å². The van der Waals surface area contributed by atoms with Crippen LogP contribution in [0.1, 0.15) is 67.7 Å². The molecule has 0 radical (unpaired) electrons. The van der Waals surface area contributed by atoms with Gasteiger partial charge in [-0.2, -0.15) is 0 Å². The minimum Gasteiger partial charge on any atom is -0.0844 e. The van der Waals surface area contributed by atoms with Crippen molar-refractivity contribution in [3.05, 3.63) is 45.6 Å². The minimum absolute atomic E-state index is 0.249. The maximum Gasteiger partial charge on any atom is 0.0400 e. The average Bonchev–Trinajstić information content (AvgIpc) is 2.52. The highest BCUT2D eigenvalue weighted by Crippen LogP contribution is 2.34. The number of hydrogen-bond donors (Lipinski definition) is 0. The van der Waals surface area contributed by atoms with E-state index < -0.39 is 0 Å². The molecule has 0 heterocycles. The highest BCUT2D eigenvalue weighted by Gasteiger charge is 2.16. The van der Waals surface area contributed by atoms with Crippen LogP contribution in [0.3, 0.4) is 0 Å². The zero-order chi connectivity index (χ0) is 16.2. The summed E-state index contributed by atoms with van der Waals surface area (Å²) < 4.78 is 0.